The largest absolute Gasteiger partial charge is 0.480 e. The van der Waals surface area contributed by atoms with Crippen LogP contribution in [0, 0.1) is 0 Å². The van der Waals surface area contributed by atoms with Gasteiger partial charge in [0.2, 0.25) is 0 Å². The average molecular weight is 377 g/mol. The lowest BCUT2D eigenvalue weighted by atomic mass is 9.81. The van der Waals surface area contributed by atoms with Crippen molar-refractivity contribution in [3.05, 3.63) is 0 Å². The summed E-state index contributed by atoms with van der Waals surface area (Å²) in [7, 11) is -1.32. The Morgan fingerprint density at radius 3 is 2.22 bits per heavy atom. The molecule has 0 heterocycles. The molecule has 1 aliphatic rings. The first-order valence-corrected chi connectivity index (χ1v) is 7.56. The SMILES string of the molecule is Cl.Cl.NC(CCCCB(O)O)(CCNC1CCCC1)C(=O)O.O. The van der Waals surface area contributed by atoms with E-state index in [4.69, 9.17) is 15.8 Å². The van der Waals surface area contributed by atoms with Crippen molar-refractivity contribution in [2.75, 3.05) is 6.54 Å². The van der Waals surface area contributed by atoms with Gasteiger partial charge in [0.15, 0.2) is 0 Å². The maximum absolute atomic E-state index is 11.3. The van der Waals surface area contributed by atoms with E-state index in [1.165, 1.54) is 25.7 Å². The molecule has 1 rings (SSSR count). The standard InChI is InChI=1S/C13H27BN2O4.2ClH.H2O/c15-13(12(17)18,7-3-4-9-14(19)20)8-10-16-11-5-1-2-6-11;;;/h11,16,19-20H,1-10,15H2,(H,17,18);2*1H;1H2. The number of rotatable bonds is 10. The van der Waals surface area contributed by atoms with E-state index < -0.39 is 18.6 Å². The Balaban J connectivity index is -0.00000133. The van der Waals surface area contributed by atoms with Gasteiger partial charge in [-0.2, -0.15) is 0 Å². The Hall–Kier alpha value is -0.0851. The maximum Gasteiger partial charge on any atom is 0.451 e. The number of carboxylic acids is 1. The second-order valence-electron chi connectivity index (χ2n) is 5.87. The third-order valence-electron chi connectivity index (χ3n) is 4.12. The molecule has 0 saturated heterocycles. The first-order valence-electron chi connectivity index (χ1n) is 7.56. The zero-order chi connectivity index (χ0) is 15.0. The highest BCUT2D eigenvalue weighted by molar-refractivity contribution is 6.40. The van der Waals surface area contributed by atoms with Gasteiger partial charge in [-0.25, -0.2) is 0 Å². The molecule has 1 saturated carbocycles. The van der Waals surface area contributed by atoms with Gasteiger partial charge in [0.25, 0.3) is 0 Å². The molecule has 0 radical (unpaired) electrons. The molecule has 0 aromatic rings. The van der Waals surface area contributed by atoms with Gasteiger partial charge >= 0.3 is 13.1 Å². The highest BCUT2D eigenvalue weighted by Crippen LogP contribution is 2.20. The number of unbranched alkanes of at least 4 members (excludes halogenated alkanes) is 1. The summed E-state index contributed by atoms with van der Waals surface area (Å²) in [5.41, 5.74) is 4.76. The number of carboxylic acid groups (broad SMARTS) is 1. The van der Waals surface area contributed by atoms with Gasteiger partial charge in [-0.15, -0.1) is 24.8 Å². The van der Waals surface area contributed by atoms with Crippen LogP contribution in [0.2, 0.25) is 6.32 Å². The Labute approximate surface area is 150 Å². The topological polar surface area (TPSA) is 147 Å². The molecule has 0 aromatic heterocycles. The van der Waals surface area contributed by atoms with Crippen molar-refractivity contribution in [2.24, 2.45) is 5.73 Å². The number of hydrogen-bond donors (Lipinski definition) is 5. The fraction of sp³-hybridized carbons (Fsp3) is 0.923. The summed E-state index contributed by atoms with van der Waals surface area (Å²) >= 11 is 0. The van der Waals surface area contributed by atoms with E-state index >= 15 is 0 Å². The van der Waals surface area contributed by atoms with Crippen LogP contribution in [0.4, 0.5) is 0 Å². The molecule has 0 aromatic carbocycles. The van der Waals surface area contributed by atoms with Gasteiger partial charge in [-0.1, -0.05) is 25.7 Å². The Bertz CT molecular complexity index is 310. The zero-order valence-electron chi connectivity index (χ0n) is 13.4. The summed E-state index contributed by atoms with van der Waals surface area (Å²) < 4.78 is 0. The molecule has 10 heteroatoms. The second kappa shape index (κ2) is 14.3. The van der Waals surface area contributed by atoms with Gasteiger partial charge in [0, 0.05) is 6.04 Å². The molecule has 1 unspecified atom stereocenters. The maximum atomic E-state index is 11.3. The molecule has 23 heavy (non-hydrogen) atoms. The lowest BCUT2D eigenvalue weighted by molar-refractivity contribution is -0.144. The van der Waals surface area contributed by atoms with Crippen molar-refractivity contribution in [3.63, 3.8) is 0 Å². The van der Waals surface area contributed by atoms with Gasteiger partial charge in [-0.3, -0.25) is 4.79 Å². The summed E-state index contributed by atoms with van der Waals surface area (Å²) in [6.45, 7) is 0.621. The minimum Gasteiger partial charge on any atom is -0.480 e. The lowest BCUT2D eigenvalue weighted by Gasteiger charge is -2.25. The van der Waals surface area contributed by atoms with Gasteiger partial charge < -0.3 is 31.7 Å². The van der Waals surface area contributed by atoms with E-state index in [0.717, 1.165) is 0 Å². The van der Waals surface area contributed by atoms with Crippen LogP contribution in [0.1, 0.15) is 51.4 Å². The van der Waals surface area contributed by atoms with E-state index in [-0.39, 0.29) is 36.6 Å². The zero-order valence-corrected chi connectivity index (χ0v) is 15.0. The van der Waals surface area contributed by atoms with Crippen LogP contribution < -0.4 is 11.1 Å². The molecule has 8 N–H and O–H groups in total. The molecule has 0 spiro atoms. The third kappa shape index (κ3) is 11.2. The van der Waals surface area contributed by atoms with Crippen molar-refractivity contribution in [1.29, 1.82) is 0 Å². The molecule has 7 nitrogen and oxygen atoms in total. The number of hydrogen-bond acceptors (Lipinski definition) is 5. The monoisotopic (exact) mass is 376 g/mol. The summed E-state index contributed by atoms with van der Waals surface area (Å²) in [5.74, 6) is -0.977. The first kappa shape index (κ1) is 27.7. The number of nitrogens with one attached hydrogen (secondary N) is 1. The van der Waals surface area contributed by atoms with Gasteiger partial charge in [0.1, 0.15) is 5.54 Å². The smallest absolute Gasteiger partial charge is 0.451 e. The minimum absolute atomic E-state index is 0. The summed E-state index contributed by atoms with van der Waals surface area (Å²) in [6, 6.07) is 0.512. The predicted octanol–water partition coefficient (Wildman–Crippen LogP) is 0.353. The fourth-order valence-electron chi connectivity index (χ4n) is 2.74. The second-order valence-corrected chi connectivity index (χ2v) is 5.87. The minimum atomic E-state index is -1.32. The van der Waals surface area contributed by atoms with Gasteiger partial charge in [0.05, 0.1) is 0 Å². The van der Waals surface area contributed by atoms with Crippen molar-refractivity contribution < 1.29 is 25.4 Å². The molecule has 1 atom stereocenters. The normalized spacial score (nSPS) is 16.5. The van der Waals surface area contributed by atoms with E-state index in [9.17, 15) is 9.90 Å². The summed E-state index contributed by atoms with van der Waals surface area (Å²) in [6.07, 6.45) is 7.00. The van der Waals surface area contributed by atoms with Crippen LogP contribution in [0.25, 0.3) is 0 Å². The van der Waals surface area contributed by atoms with Crippen molar-refractivity contribution >= 4 is 37.9 Å². The fourth-order valence-corrected chi connectivity index (χ4v) is 2.74. The molecule has 0 bridgehead atoms. The Morgan fingerprint density at radius 1 is 1.17 bits per heavy atom. The van der Waals surface area contributed by atoms with E-state index in [1.54, 1.807) is 0 Å². The van der Waals surface area contributed by atoms with Crippen LogP contribution in [0.15, 0.2) is 0 Å². The highest BCUT2D eigenvalue weighted by Gasteiger charge is 2.33. The molecular formula is C13H31BCl2N2O5. The summed E-state index contributed by atoms with van der Waals surface area (Å²) in [5, 5.41) is 30.2. The van der Waals surface area contributed by atoms with E-state index in [0.29, 0.717) is 38.3 Å². The van der Waals surface area contributed by atoms with Crippen LogP contribution in [-0.2, 0) is 4.79 Å². The van der Waals surface area contributed by atoms with Crippen molar-refractivity contribution in [1.82, 2.24) is 5.32 Å². The number of aliphatic carboxylic acids is 1. The van der Waals surface area contributed by atoms with E-state index in [1.807, 2.05) is 0 Å². The Kier molecular flexibility index (Phi) is 17.2. The first-order chi connectivity index (χ1) is 9.44. The van der Waals surface area contributed by atoms with Gasteiger partial charge in [-0.05, 0) is 38.5 Å². The highest BCUT2D eigenvalue weighted by atomic mass is 35.5. The molecule has 0 aliphatic heterocycles. The van der Waals surface area contributed by atoms with Crippen LogP contribution >= 0.6 is 24.8 Å². The van der Waals surface area contributed by atoms with Crippen LogP contribution in [-0.4, -0.2) is 51.8 Å². The Morgan fingerprint density at radius 2 is 1.74 bits per heavy atom. The molecule has 140 valence electrons. The lowest BCUT2D eigenvalue weighted by Crippen LogP contribution is -2.50. The molecular weight excluding hydrogens is 346 g/mol. The van der Waals surface area contributed by atoms with E-state index in [2.05, 4.69) is 5.32 Å². The number of carbonyl (C=O) groups is 1. The van der Waals surface area contributed by atoms with Crippen molar-refractivity contribution in [3.8, 4) is 0 Å². The quantitative estimate of drug-likeness (QED) is 0.274. The third-order valence-corrected chi connectivity index (χ3v) is 4.12. The average Bonchev–Trinajstić information content (AvgIpc) is 2.87. The molecule has 1 aliphatic carbocycles. The predicted molar refractivity (Wildman–Crippen MR) is 96.4 cm³/mol. The molecule has 1 fully saturated rings. The summed E-state index contributed by atoms with van der Waals surface area (Å²) in [4.78, 5) is 11.3. The van der Waals surface area contributed by atoms with Crippen LogP contribution in [0.5, 0.6) is 0 Å². The van der Waals surface area contributed by atoms with Crippen LogP contribution in [0.3, 0.4) is 0 Å². The molecule has 0 amide bonds. The van der Waals surface area contributed by atoms with Crippen molar-refractivity contribution in [2.45, 2.75) is 69.3 Å². The number of nitrogens with two attached hydrogens (primary N) is 1. The number of halogens is 2.